The largest absolute Gasteiger partial charge is 0.481 e. The molecule has 0 amide bonds. The first-order chi connectivity index (χ1) is 7.64. The number of hydrogen-bond donors (Lipinski definition) is 2. The summed E-state index contributed by atoms with van der Waals surface area (Å²) in [5.74, 6) is 0.0410. The van der Waals surface area contributed by atoms with E-state index in [-0.39, 0.29) is 0 Å². The average Bonchev–Trinajstić information content (AvgIpc) is 2.84. The van der Waals surface area contributed by atoms with Crippen molar-refractivity contribution >= 4 is 11.9 Å². The molecule has 0 unspecified atom stereocenters. The summed E-state index contributed by atoms with van der Waals surface area (Å²) in [5.41, 5.74) is -0.591. The number of carboxylic acids is 1. The first kappa shape index (κ1) is 11.0. The zero-order valence-electron chi connectivity index (χ0n) is 9.44. The van der Waals surface area contributed by atoms with Crippen molar-refractivity contribution in [2.45, 2.75) is 25.7 Å². The van der Waals surface area contributed by atoms with E-state index in [2.05, 4.69) is 10.3 Å². The molecule has 5 heteroatoms. The number of aliphatic carboxylic acids is 1. The maximum Gasteiger partial charge on any atom is 0.311 e. The van der Waals surface area contributed by atoms with Crippen LogP contribution in [0.1, 0.15) is 25.7 Å². The Morgan fingerprint density at radius 3 is 2.81 bits per heavy atom. The van der Waals surface area contributed by atoms with Crippen molar-refractivity contribution in [3.8, 4) is 0 Å². The van der Waals surface area contributed by atoms with Crippen LogP contribution in [-0.4, -0.2) is 27.2 Å². The van der Waals surface area contributed by atoms with Gasteiger partial charge in [0.05, 0.1) is 5.41 Å². The average molecular weight is 223 g/mol. The Hall–Kier alpha value is -1.52. The Kier molecular flexibility index (Phi) is 2.85. The Morgan fingerprint density at radius 2 is 2.31 bits per heavy atom. The van der Waals surface area contributed by atoms with E-state index in [1.807, 2.05) is 17.8 Å². The van der Waals surface area contributed by atoms with Gasteiger partial charge in [-0.15, -0.1) is 0 Å². The molecule has 16 heavy (non-hydrogen) atoms. The lowest BCUT2D eigenvalue weighted by atomic mass is 9.86. The van der Waals surface area contributed by atoms with Gasteiger partial charge < -0.3 is 15.0 Å². The molecule has 0 atom stereocenters. The number of aryl methyl sites for hydroxylation is 1. The van der Waals surface area contributed by atoms with E-state index < -0.39 is 11.4 Å². The van der Waals surface area contributed by atoms with Crippen molar-refractivity contribution in [3.05, 3.63) is 12.4 Å². The molecule has 0 spiro atoms. The summed E-state index contributed by atoms with van der Waals surface area (Å²) in [6.07, 6.45) is 7.08. The lowest BCUT2D eigenvalue weighted by molar-refractivity contribution is -0.147. The predicted octanol–water partition coefficient (Wildman–Crippen LogP) is 1.48. The summed E-state index contributed by atoms with van der Waals surface area (Å²) in [6.45, 7) is 0.465. The molecule has 1 aliphatic rings. The van der Waals surface area contributed by atoms with Crippen LogP contribution in [0.4, 0.5) is 5.95 Å². The second-order valence-electron chi connectivity index (χ2n) is 4.51. The zero-order valence-corrected chi connectivity index (χ0v) is 9.44. The molecule has 0 aromatic carbocycles. The van der Waals surface area contributed by atoms with Gasteiger partial charge in [0, 0.05) is 26.0 Å². The highest BCUT2D eigenvalue weighted by Crippen LogP contribution is 2.38. The van der Waals surface area contributed by atoms with Gasteiger partial charge in [0.15, 0.2) is 0 Å². The number of carbonyl (C=O) groups is 1. The third-order valence-electron chi connectivity index (χ3n) is 3.42. The summed E-state index contributed by atoms with van der Waals surface area (Å²) in [7, 11) is 1.89. The van der Waals surface area contributed by atoms with Crippen molar-refractivity contribution in [1.82, 2.24) is 9.55 Å². The lowest BCUT2D eigenvalue weighted by Gasteiger charge is -2.24. The van der Waals surface area contributed by atoms with Crippen LogP contribution >= 0.6 is 0 Å². The summed E-state index contributed by atoms with van der Waals surface area (Å²) in [4.78, 5) is 15.4. The SMILES string of the molecule is Cn1ccnc1NCC1(C(=O)O)CCCC1. The Labute approximate surface area is 94.5 Å². The number of anilines is 1. The van der Waals surface area contributed by atoms with Crippen molar-refractivity contribution in [1.29, 1.82) is 0 Å². The van der Waals surface area contributed by atoms with Gasteiger partial charge in [0.2, 0.25) is 5.95 Å². The van der Waals surface area contributed by atoms with Gasteiger partial charge in [-0.05, 0) is 12.8 Å². The molecule has 1 aliphatic carbocycles. The molecule has 1 fully saturated rings. The second-order valence-corrected chi connectivity index (χ2v) is 4.51. The first-order valence-corrected chi connectivity index (χ1v) is 5.59. The standard InChI is InChI=1S/C11H17N3O2/c1-14-7-6-12-10(14)13-8-11(9(15)16)4-2-3-5-11/h6-7H,2-5,8H2,1H3,(H,12,13)(H,15,16). The molecule has 0 bridgehead atoms. The van der Waals surface area contributed by atoms with Crippen molar-refractivity contribution in [2.75, 3.05) is 11.9 Å². The molecular formula is C11H17N3O2. The summed E-state index contributed by atoms with van der Waals surface area (Å²) >= 11 is 0. The smallest absolute Gasteiger partial charge is 0.311 e. The number of carboxylic acid groups (broad SMARTS) is 1. The number of rotatable bonds is 4. The van der Waals surface area contributed by atoms with Crippen LogP contribution in [0.2, 0.25) is 0 Å². The van der Waals surface area contributed by atoms with Gasteiger partial charge in [0.1, 0.15) is 0 Å². The third kappa shape index (κ3) is 1.89. The minimum Gasteiger partial charge on any atom is -0.481 e. The van der Waals surface area contributed by atoms with Gasteiger partial charge in [0.25, 0.3) is 0 Å². The maximum atomic E-state index is 11.3. The number of nitrogens with one attached hydrogen (secondary N) is 1. The number of hydrogen-bond acceptors (Lipinski definition) is 3. The Morgan fingerprint density at radius 1 is 1.62 bits per heavy atom. The van der Waals surface area contributed by atoms with Crippen molar-refractivity contribution in [2.24, 2.45) is 12.5 Å². The van der Waals surface area contributed by atoms with E-state index in [4.69, 9.17) is 0 Å². The molecule has 88 valence electrons. The highest BCUT2D eigenvalue weighted by atomic mass is 16.4. The predicted molar refractivity (Wildman–Crippen MR) is 60.2 cm³/mol. The summed E-state index contributed by atoms with van der Waals surface area (Å²) < 4.78 is 1.85. The molecule has 2 N–H and O–H groups in total. The highest BCUT2D eigenvalue weighted by molar-refractivity contribution is 5.75. The zero-order chi connectivity index (χ0) is 11.6. The van der Waals surface area contributed by atoms with E-state index in [9.17, 15) is 9.90 Å². The maximum absolute atomic E-state index is 11.3. The summed E-state index contributed by atoms with van der Waals surface area (Å²) in [6, 6.07) is 0. The summed E-state index contributed by atoms with van der Waals surface area (Å²) in [5, 5.41) is 12.4. The molecule has 1 saturated carbocycles. The fourth-order valence-corrected chi connectivity index (χ4v) is 2.30. The van der Waals surface area contributed by atoms with E-state index >= 15 is 0 Å². The van der Waals surface area contributed by atoms with E-state index in [0.29, 0.717) is 6.54 Å². The van der Waals surface area contributed by atoms with Crippen molar-refractivity contribution in [3.63, 3.8) is 0 Å². The van der Waals surface area contributed by atoms with Crippen LogP contribution in [-0.2, 0) is 11.8 Å². The molecule has 5 nitrogen and oxygen atoms in total. The molecule has 1 heterocycles. The highest BCUT2D eigenvalue weighted by Gasteiger charge is 2.41. The normalized spacial score (nSPS) is 18.6. The molecule has 2 rings (SSSR count). The van der Waals surface area contributed by atoms with Crippen LogP contribution in [0.3, 0.4) is 0 Å². The fourth-order valence-electron chi connectivity index (χ4n) is 2.30. The van der Waals surface area contributed by atoms with Gasteiger partial charge in [-0.25, -0.2) is 4.98 Å². The monoisotopic (exact) mass is 223 g/mol. The lowest BCUT2D eigenvalue weighted by Crippen LogP contribution is -2.35. The van der Waals surface area contributed by atoms with Gasteiger partial charge in [-0.2, -0.15) is 0 Å². The van der Waals surface area contributed by atoms with E-state index in [1.165, 1.54) is 0 Å². The van der Waals surface area contributed by atoms with Gasteiger partial charge >= 0.3 is 5.97 Å². The molecule has 1 aromatic heterocycles. The minimum atomic E-state index is -0.688. The number of aromatic nitrogens is 2. The van der Waals surface area contributed by atoms with E-state index in [1.54, 1.807) is 6.20 Å². The van der Waals surface area contributed by atoms with Crippen LogP contribution in [0.25, 0.3) is 0 Å². The van der Waals surface area contributed by atoms with Gasteiger partial charge in [-0.3, -0.25) is 4.79 Å². The second kappa shape index (κ2) is 4.15. The molecule has 0 aliphatic heterocycles. The quantitative estimate of drug-likeness (QED) is 0.811. The topological polar surface area (TPSA) is 67.2 Å². The molecule has 0 radical (unpaired) electrons. The first-order valence-electron chi connectivity index (χ1n) is 5.59. The van der Waals surface area contributed by atoms with Crippen molar-refractivity contribution < 1.29 is 9.90 Å². The number of nitrogens with zero attached hydrogens (tertiary/aromatic N) is 2. The molecule has 1 aromatic rings. The van der Waals surface area contributed by atoms with E-state index in [0.717, 1.165) is 31.6 Å². The minimum absolute atomic E-state index is 0.465. The number of imidazole rings is 1. The van der Waals surface area contributed by atoms with Crippen LogP contribution in [0.5, 0.6) is 0 Å². The molecular weight excluding hydrogens is 206 g/mol. The van der Waals surface area contributed by atoms with Crippen LogP contribution < -0.4 is 5.32 Å². The van der Waals surface area contributed by atoms with Gasteiger partial charge in [-0.1, -0.05) is 12.8 Å². The fraction of sp³-hybridized carbons (Fsp3) is 0.636. The van der Waals surface area contributed by atoms with Crippen LogP contribution in [0.15, 0.2) is 12.4 Å². The van der Waals surface area contributed by atoms with Crippen LogP contribution in [0, 0.1) is 5.41 Å². The third-order valence-corrected chi connectivity index (χ3v) is 3.42. The Balaban J connectivity index is 2.03. The Bertz CT molecular complexity index is 380. The molecule has 0 saturated heterocycles.